The highest BCUT2D eigenvalue weighted by Gasteiger charge is 2.32. The number of nitrogens with zero attached hydrogens (tertiary/aromatic N) is 1. The molecule has 2 N–H and O–H groups in total. The number of hydrogen-bond donors (Lipinski definition) is 2. The van der Waals surface area contributed by atoms with Crippen molar-refractivity contribution in [2.75, 3.05) is 26.2 Å². The Hall–Kier alpha value is -0.380. The van der Waals surface area contributed by atoms with Gasteiger partial charge >= 0.3 is 0 Å². The van der Waals surface area contributed by atoms with Crippen LogP contribution in [0.15, 0.2) is 12.7 Å². The number of aliphatic hydroxyl groups excluding tert-OH is 1. The molecule has 2 rings (SSSR count). The van der Waals surface area contributed by atoms with Crippen LogP contribution in [-0.2, 0) is 0 Å². The van der Waals surface area contributed by atoms with Gasteiger partial charge in [0.1, 0.15) is 0 Å². The Morgan fingerprint density at radius 2 is 2.00 bits per heavy atom. The Balaban J connectivity index is 1.85. The first kappa shape index (κ1) is 10.1. The molecule has 14 heavy (non-hydrogen) atoms. The van der Waals surface area contributed by atoms with Crippen LogP contribution in [0.4, 0.5) is 0 Å². The molecule has 0 saturated carbocycles. The molecule has 3 heteroatoms. The van der Waals surface area contributed by atoms with Gasteiger partial charge < -0.3 is 10.4 Å². The van der Waals surface area contributed by atoms with E-state index in [1.165, 1.54) is 12.8 Å². The van der Waals surface area contributed by atoms with Crippen molar-refractivity contribution >= 4 is 0 Å². The van der Waals surface area contributed by atoms with Crippen molar-refractivity contribution in [1.82, 2.24) is 10.2 Å². The Labute approximate surface area is 85.8 Å². The summed E-state index contributed by atoms with van der Waals surface area (Å²) < 4.78 is 0. The fourth-order valence-electron chi connectivity index (χ4n) is 2.51. The number of rotatable bonds is 2. The van der Waals surface area contributed by atoms with Crippen molar-refractivity contribution in [2.45, 2.75) is 25.0 Å². The van der Waals surface area contributed by atoms with Crippen LogP contribution in [-0.4, -0.2) is 48.3 Å². The van der Waals surface area contributed by atoms with Crippen LogP contribution in [0, 0.1) is 5.92 Å². The number of β-amino-alcohol motifs (C(OH)–C–C–N with tert-alkyl or cyclic N) is 1. The lowest BCUT2D eigenvalue weighted by atomic mass is 9.95. The zero-order valence-electron chi connectivity index (χ0n) is 8.65. The van der Waals surface area contributed by atoms with E-state index in [1.807, 2.05) is 0 Å². The number of nitrogens with one attached hydrogen (secondary N) is 1. The summed E-state index contributed by atoms with van der Waals surface area (Å²) in [5.41, 5.74) is 0. The molecule has 0 aliphatic carbocycles. The Kier molecular flexibility index (Phi) is 3.21. The molecule has 80 valence electrons. The Morgan fingerprint density at radius 3 is 2.50 bits per heavy atom. The molecule has 0 bridgehead atoms. The number of aliphatic hydroxyl groups is 1. The molecule has 2 atom stereocenters. The molecule has 0 unspecified atom stereocenters. The summed E-state index contributed by atoms with van der Waals surface area (Å²) in [4.78, 5) is 2.42. The van der Waals surface area contributed by atoms with Gasteiger partial charge in [0.25, 0.3) is 0 Å². The summed E-state index contributed by atoms with van der Waals surface area (Å²) in [5.74, 6) is 0.692. The van der Waals surface area contributed by atoms with Gasteiger partial charge in [0.15, 0.2) is 0 Å². The second-order valence-corrected chi connectivity index (χ2v) is 4.40. The third kappa shape index (κ3) is 2.00. The molecule has 0 radical (unpaired) electrons. The number of piperidine rings is 1. The molecule has 2 saturated heterocycles. The fourth-order valence-corrected chi connectivity index (χ4v) is 2.51. The minimum absolute atomic E-state index is 0.171. The normalized spacial score (nSPS) is 36.1. The third-order valence-electron chi connectivity index (χ3n) is 3.53. The second kappa shape index (κ2) is 4.43. The smallest absolute Gasteiger partial charge is 0.0831 e. The van der Waals surface area contributed by atoms with Crippen LogP contribution in [0.25, 0.3) is 0 Å². The monoisotopic (exact) mass is 196 g/mol. The first-order valence-corrected chi connectivity index (χ1v) is 5.56. The molecule has 0 amide bonds. The van der Waals surface area contributed by atoms with Crippen molar-refractivity contribution in [3.8, 4) is 0 Å². The van der Waals surface area contributed by atoms with Crippen LogP contribution in [0.3, 0.4) is 0 Å². The number of likely N-dealkylation sites (tertiary alicyclic amines) is 1. The van der Waals surface area contributed by atoms with E-state index >= 15 is 0 Å². The van der Waals surface area contributed by atoms with Gasteiger partial charge in [-0.2, -0.15) is 0 Å². The molecular weight excluding hydrogens is 176 g/mol. The maximum atomic E-state index is 9.74. The zero-order chi connectivity index (χ0) is 9.97. The van der Waals surface area contributed by atoms with Crippen LogP contribution >= 0.6 is 0 Å². The van der Waals surface area contributed by atoms with Gasteiger partial charge in [0, 0.05) is 19.1 Å². The van der Waals surface area contributed by atoms with E-state index in [4.69, 9.17) is 0 Å². The molecule has 2 aliphatic heterocycles. The average Bonchev–Trinajstić information content (AvgIpc) is 2.65. The van der Waals surface area contributed by atoms with Gasteiger partial charge in [-0.05, 0) is 31.8 Å². The van der Waals surface area contributed by atoms with Crippen LogP contribution in [0.1, 0.15) is 12.8 Å². The lowest BCUT2D eigenvalue weighted by Crippen LogP contribution is -2.47. The van der Waals surface area contributed by atoms with E-state index in [2.05, 4.69) is 22.9 Å². The molecular formula is C11H20N2O. The second-order valence-electron chi connectivity index (χ2n) is 4.40. The van der Waals surface area contributed by atoms with Gasteiger partial charge in [0.05, 0.1) is 6.10 Å². The molecule has 0 aromatic rings. The lowest BCUT2D eigenvalue weighted by Gasteiger charge is -2.35. The lowest BCUT2D eigenvalue weighted by molar-refractivity contribution is 0.0638. The van der Waals surface area contributed by atoms with E-state index in [-0.39, 0.29) is 6.10 Å². The van der Waals surface area contributed by atoms with Gasteiger partial charge in [-0.1, -0.05) is 6.08 Å². The van der Waals surface area contributed by atoms with E-state index in [1.54, 1.807) is 0 Å². The van der Waals surface area contributed by atoms with Crippen LogP contribution < -0.4 is 5.32 Å². The molecule has 2 aliphatic rings. The quantitative estimate of drug-likeness (QED) is 0.620. The van der Waals surface area contributed by atoms with E-state index in [0.29, 0.717) is 12.0 Å². The number of hydrogen-bond acceptors (Lipinski definition) is 3. The van der Waals surface area contributed by atoms with Gasteiger partial charge in [0.2, 0.25) is 0 Å². The summed E-state index contributed by atoms with van der Waals surface area (Å²) in [7, 11) is 0. The Morgan fingerprint density at radius 1 is 1.29 bits per heavy atom. The molecule has 2 heterocycles. The van der Waals surface area contributed by atoms with Gasteiger partial charge in [-0.15, -0.1) is 6.58 Å². The van der Waals surface area contributed by atoms with E-state index in [0.717, 1.165) is 26.2 Å². The van der Waals surface area contributed by atoms with Crippen molar-refractivity contribution in [3.63, 3.8) is 0 Å². The van der Waals surface area contributed by atoms with Crippen molar-refractivity contribution in [2.24, 2.45) is 5.92 Å². The first-order valence-electron chi connectivity index (χ1n) is 5.56. The van der Waals surface area contributed by atoms with E-state index < -0.39 is 0 Å². The van der Waals surface area contributed by atoms with Crippen molar-refractivity contribution < 1.29 is 5.11 Å². The molecule has 0 spiro atoms. The molecule has 2 fully saturated rings. The van der Waals surface area contributed by atoms with Crippen LogP contribution in [0.5, 0.6) is 0 Å². The number of allylic oxidation sites excluding steroid dienone is 1. The highest BCUT2D eigenvalue weighted by molar-refractivity contribution is 4.92. The maximum Gasteiger partial charge on any atom is 0.0831 e. The molecule has 0 aromatic heterocycles. The summed E-state index contributed by atoms with van der Waals surface area (Å²) in [6, 6.07) is 0.348. The topological polar surface area (TPSA) is 35.5 Å². The predicted octanol–water partition coefficient (Wildman–Crippen LogP) is 0.217. The minimum Gasteiger partial charge on any atom is -0.390 e. The summed E-state index contributed by atoms with van der Waals surface area (Å²) in [6.07, 6.45) is 4.30. The van der Waals surface area contributed by atoms with Crippen molar-refractivity contribution in [3.05, 3.63) is 12.7 Å². The first-order chi connectivity index (χ1) is 6.81. The summed E-state index contributed by atoms with van der Waals surface area (Å²) in [5, 5.41) is 13.0. The van der Waals surface area contributed by atoms with Gasteiger partial charge in [-0.25, -0.2) is 0 Å². The standard InChI is InChI=1S/C11H20N2O/c1-2-9-3-5-13(6-4-9)10-7-12-8-11(10)14/h2,9-12,14H,1,3-8H2/t10-,11-/m1/s1. The summed E-state index contributed by atoms with van der Waals surface area (Å²) >= 11 is 0. The SMILES string of the molecule is C=CC1CCN([C@@H]2CNC[C@H]2O)CC1. The minimum atomic E-state index is -0.171. The maximum absolute atomic E-state index is 9.74. The van der Waals surface area contributed by atoms with E-state index in [9.17, 15) is 5.11 Å². The Bertz CT molecular complexity index is 199. The highest BCUT2D eigenvalue weighted by atomic mass is 16.3. The zero-order valence-corrected chi connectivity index (χ0v) is 8.65. The summed E-state index contributed by atoms with van der Waals surface area (Å²) in [6.45, 7) is 7.76. The van der Waals surface area contributed by atoms with Crippen molar-refractivity contribution in [1.29, 1.82) is 0 Å². The largest absolute Gasteiger partial charge is 0.390 e. The predicted molar refractivity (Wildman–Crippen MR) is 57.2 cm³/mol. The fraction of sp³-hybridized carbons (Fsp3) is 0.818. The third-order valence-corrected chi connectivity index (χ3v) is 3.53. The molecule has 3 nitrogen and oxygen atoms in total. The average molecular weight is 196 g/mol. The van der Waals surface area contributed by atoms with Gasteiger partial charge in [-0.3, -0.25) is 4.90 Å². The highest BCUT2D eigenvalue weighted by Crippen LogP contribution is 2.21. The van der Waals surface area contributed by atoms with Crippen LogP contribution in [0.2, 0.25) is 0 Å². The molecule has 0 aromatic carbocycles.